The maximum atomic E-state index is 11.5. The van der Waals surface area contributed by atoms with Gasteiger partial charge in [0.05, 0.1) is 0 Å². The van der Waals surface area contributed by atoms with Crippen LogP contribution in [-0.4, -0.2) is 5.78 Å². The van der Waals surface area contributed by atoms with Gasteiger partial charge in [0.25, 0.3) is 0 Å². The zero-order valence-electron chi connectivity index (χ0n) is 9.36. The van der Waals surface area contributed by atoms with Gasteiger partial charge < -0.3 is 0 Å². The van der Waals surface area contributed by atoms with Crippen molar-refractivity contribution in [2.75, 3.05) is 0 Å². The Balaban J connectivity index is 2.02. The summed E-state index contributed by atoms with van der Waals surface area (Å²) < 4.78 is 0. The van der Waals surface area contributed by atoms with Crippen LogP contribution in [0.2, 0.25) is 0 Å². The van der Waals surface area contributed by atoms with Crippen molar-refractivity contribution in [2.24, 2.45) is 0 Å². The number of ketones is 1. The molecule has 0 bridgehead atoms. The van der Waals surface area contributed by atoms with E-state index in [1.165, 1.54) is 5.56 Å². The molecule has 0 aromatic heterocycles. The molecule has 0 amide bonds. The number of carbonyl (C=O) groups is 1. The van der Waals surface area contributed by atoms with Gasteiger partial charge in [0.15, 0.2) is 5.78 Å². The van der Waals surface area contributed by atoms with Crippen molar-refractivity contribution in [3.63, 3.8) is 0 Å². The van der Waals surface area contributed by atoms with Gasteiger partial charge in [0.2, 0.25) is 0 Å². The highest BCUT2D eigenvalue weighted by molar-refractivity contribution is 5.96. The third kappa shape index (κ3) is 2.93. The molecule has 0 spiro atoms. The van der Waals surface area contributed by atoms with Crippen LogP contribution in [0, 0.1) is 0 Å². The summed E-state index contributed by atoms with van der Waals surface area (Å²) in [5.74, 6) is 0.323. The minimum Gasteiger partial charge on any atom is -0.295 e. The first kappa shape index (κ1) is 10.9. The minimum absolute atomic E-state index is 0.323. The molecule has 1 aliphatic carbocycles. The molecule has 0 N–H and O–H groups in total. The van der Waals surface area contributed by atoms with Crippen LogP contribution in [0.15, 0.2) is 48.1 Å². The number of benzene rings is 1. The number of allylic oxidation sites excluding steroid dienone is 3. The average molecular weight is 212 g/mol. The maximum absolute atomic E-state index is 11.5. The van der Waals surface area contributed by atoms with Crippen LogP contribution in [-0.2, 0) is 4.79 Å². The topological polar surface area (TPSA) is 17.1 Å². The Bertz CT molecular complexity index is 412. The lowest BCUT2D eigenvalue weighted by Crippen LogP contribution is -2.07. The molecule has 0 atom stereocenters. The van der Waals surface area contributed by atoms with E-state index in [1.807, 2.05) is 36.4 Å². The normalized spacial score (nSPS) is 19.5. The van der Waals surface area contributed by atoms with Crippen LogP contribution in [0.25, 0.3) is 6.08 Å². The quantitative estimate of drug-likeness (QED) is 0.682. The lowest BCUT2D eigenvalue weighted by Gasteiger charge is -2.11. The number of hydrogen-bond donors (Lipinski definition) is 0. The van der Waals surface area contributed by atoms with Crippen LogP contribution < -0.4 is 0 Å². The smallest absolute Gasteiger partial charge is 0.158 e. The SMILES string of the molecule is O=C1CCCC/C1=C/C=C\c1ccccc1. The maximum Gasteiger partial charge on any atom is 0.158 e. The minimum atomic E-state index is 0.323. The lowest BCUT2D eigenvalue weighted by atomic mass is 9.93. The molecular weight excluding hydrogens is 196 g/mol. The summed E-state index contributed by atoms with van der Waals surface area (Å²) in [6.45, 7) is 0. The largest absolute Gasteiger partial charge is 0.295 e. The Morgan fingerprint density at radius 3 is 2.50 bits per heavy atom. The highest BCUT2D eigenvalue weighted by Crippen LogP contribution is 2.19. The molecule has 1 aliphatic rings. The molecule has 0 aliphatic heterocycles. The second-order valence-corrected chi connectivity index (χ2v) is 4.09. The van der Waals surface area contributed by atoms with Crippen LogP contribution in [0.4, 0.5) is 0 Å². The number of carbonyl (C=O) groups excluding carboxylic acids is 1. The van der Waals surface area contributed by atoms with Gasteiger partial charge in [0.1, 0.15) is 0 Å². The molecule has 16 heavy (non-hydrogen) atoms. The molecule has 1 aromatic rings. The number of hydrogen-bond acceptors (Lipinski definition) is 1. The predicted octanol–water partition coefficient (Wildman–Crippen LogP) is 3.77. The Morgan fingerprint density at radius 2 is 1.75 bits per heavy atom. The summed E-state index contributed by atoms with van der Waals surface area (Å²) in [5, 5.41) is 0. The summed E-state index contributed by atoms with van der Waals surface area (Å²) >= 11 is 0. The van der Waals surface area contributed by atoms with E-state index >= 15 is 0 Å². The molecule has 2 rings (SSSR count). The van der Waals surface area contributed by atoms with Gasteiger partial charge in [-0.15, -0.1) is 0 Å². The van der Waals surface area contributed by atoms with Crippen molar-refractivity contribution < 1.29 is 4.79 Å². The molecule has 82 valence electrons. The third-order valence-electron chi connectivity index (χ3n) is 2.84. The first-order valence-corrected chi connectivity index (χ1v) is 5.82. The second-order valence-electron chi connectivity index (χ2n) is 4.09. The third-order valence-corrected chi connectivity index (χ3v) is 2.84. The molecule has 1 nitrogen and oxygen atoms in total. The van der Waals surface area contributed by atoms with Gasteiger partial charge in [-0.3, -0.25) is 4.79 Å². The highest BCUT2D eigenvalue weighted by atomic mass is 16.1. The Morgan fingerprint density at radius 1 is 1.00 bits per heavy atom. The van der Waals surface area contributed by atoms with E-state index in [1.54, 1.807) is 0 Å². The number of Topliss-reactive ketones (excluding diaryl/α,β-unsaturated/α-hetero) is 1. The lowest BCUT2D eigenvalue weighted by molar-refractivity contribution is -0.116. The highest BCUT2D eigenvalue weighted by Gasteiger charge is 2.13. The number of rotatable bonds is 2. The molecule has 1 fully saturated rings. The predicted molar refractivity (Wildman–Crippen MR) is 67.0 cm³/mol. The van der Waals surface area contributed by atoms with E-state index in [-0.39, 0.29) is 0 Å². The molecule has 0 heterocycles. The van der Waals surface area contributed by atoms with E-state index in [4.69, 9.17) is 0 Å². The fourth-order valence-corrected chi connectivity index (χ4v) is 1.92. The van der Waals surface area contributed by atoms with Crippen molar-refractivity contribution in [2.45, 2.75) is 25.7 Å². The fourth-order valence-electron chi connectivity index (χ4n) is 1.92. The van der Waals surface area contributed by atoms with Crippen molar-refractivity contribution in [3.8, 4) is 0 Å². The van der Waals surface area contributed by atoms with E-state index in [9.17, 15) is 4.79 Å². The van der Waals surface area contributed by atoms with Gasteiger partial charge >= 0.3 is 0 Å². The van der Waals surface area contributed by atoms with E-state index < -0.39 is 0 Å². The summed E-state index contributed by atoms with van der Waals surface area (Å²) in [5.41, 5.74) is 2.15. The molecule has 0 unspecified atom stereocenters. The van der Waals surface area contributed by atoms with Gasteiger partial charge in [-0.25, -0.2) is 0 Å². The standard InChI is InChI=1S/C15H16O/c16-15-12-5-4-10-14(15)11-6-9-13-7-2-1-3-8-13/h1-3,6-9,11H,4-5,10,12H2/b9-6-,14-11-. The molecular formula is C15H16O. The van der Waals surface area contributed by atoms with Crippen molar-refractivity contribution in [3.05, 3.63) is 53.6 Å². The van der Waals surface area contributed by atoms with E-state index in [2.05, 4.69) is 12.1 Å². The van der Waals surface area contributed by atoms with Crippen LogP contribution in [0.5, 0.6) is 0 Å². The summed E-state index contributed by atoms with van der Waals surface area (Å²) in [6, 6.07) is 10.1. The Hall–Kier alpha value is -1.63. The Kier molecular flexibility index (Phi) is 3.71. The van der Waals surface area contributed by atoms with E-state index in [0.717, 1.165) is 31.3 Å². The van der Waals surface area contributed by atoms with Gasteiger partial charge in [-0.2, -0.15) is 0 Å². The van der Waals surface area contributed by atoms with Gasteiger partial charge in [-0.05, 0) is 30.4 Å². The summed E-state index contributed by atoms with van der Waals surface area (Å²) in [7, 11) is 0. The summed E-state index contributed by atoms with van der Waals surface area (Å²) in [6.07, 6.45) is 9.86. The van der Waals surface area contributed by atoms with Gasteiger partial charge in [0, 0.05) is 6.42 Å². The second kappa shape index (κ2) is 5.45. The fraction of sp³-hybridized carbons (Fsp3) is 0.267. The van der Waals surface area contributed by atoms with Crippen LogP contribution in [0.1, 0.15) is 31.2 Å². The first-order chi connectivity index (χ1) is 7.86. The van der Waals surface area contributed by atoms with Crippen LogP contribution >= 0.6 is 0 Å². The molecule has 1 aromatic carbocycles. The zero-order valence-corrected chi connectivity index (χ0v) is 9.36. The molecule has 1 heteroatoms. The molecule has 1 saturated carbocycles. The molecule has 0 radical (unpaired) electrons. The van der Waals surface area contributed by atoms with Crippen molar-refractivity contribution in [1.82, 2.24) is 0 Å². The van der Waals surface area contributed by atoms with Crippen molar-refractivity contribution in [1.29, 1.82) is 0 Å². The average Bonchev–Trinajstić information content (AvgIpc) is 2.33. The van der Waals surface area contributed by atoms with Crippen LogP contribution in [0.3, 0.4) is 0 Å². The van der Waals surface area contributed by atoms with E-state index in [0.29, 0.717) is 5.78 Å². The van der Waals surface area contributed by atoms with Crippen molar-refractivity contribution >= 4 is 11.9 Å². The summed E-state index contributed by atoms with van der Waals surface area (Å²) in [4.78, 5) is 11.5. The Labute approximate surface area is 96.5 Å². The monoisotopic (exact) mass is 212 g/mol. The molecule has 0 saturated heterocycles. The van der Waals surface area contributed by atoms with Gasteiger partial charge in [-0.1, -0.05) is 48.6 Å². The zero-order chi connectivity index (χ0) is 11.2. The first-order valence-electron chi connectivity index (χ1n) is 5.82.